The highest BCUT2D eigenvalue weighted by Crippen LogP contribution is 2.20. The largest absolute Gasteiger partial charge is 0.339 e. The van der Waals surface area contributed by atoms with Gasteiger partial charge in [0.1, 0.15) is 11.5 Å². The van der Waals surface area contributed by atoms with Crippen LogP contribution in [0.15, 0.2) is 22.8 Å². The molecule has 3 rings (SSSR count). The Balaban J connectivity index is 1.65. The second kappa shape index (κ2) is 7.06. The van der Waals surface area contributed by atoms with Crippen molar-refractivity contribution in [3.05, 3.63) is 40.4 Å². The second-order valence-electron chi connectivity index (χ2n) is 5.49. The molecule has 0 saturated carbocycles. The van der Waals surface area contributed by atoms with Crippen LogP contribution in [-0.2, 0) is 6.42 Å². The molecule has 1 aromatic carbocycles. The van der Waals surface area contributed by atoms with Crippen LogP contribution in [0.25, 0.3) is 0 Å². The second-order valence-corrected chi connectivity index (χ2v) is 5.89. The Morgan fingerprint density at radius 1 is 1.35 bits per heavy atom. The molecule has 122 valence electrons. The van der Waals surface area contributed by atoms with Crippen molar-refractivity contribution in [1.82, 2.24) is 15.2 Å². The van der Waals surface area contributed by atoms with Crippen molar-refractivity contribution in [2.75, 3.05) is 25.0 Å². The van der Waals surface area contributed by atoms with Crippen LogP contribution in [0, 0.1) is 11.2 Å². The molecule has 1 aliphatic rings. The zero-order valence-corrected chi connectivity index (χ0v) is 13.2. The number of nitrogens with zero attached hydrogens (tertiary/aromatic N) is 3. The minimum Gasteiger partial charge on any atom is -0.339 e. The van der Waals surface area contributed by atoms with Crippen LogP contribution in [0.1, 0.15) is 24.2 Å². The Bertz CT molecular complexity index is 699. The summed E-state index contributed by atoms with van der Waals surface area (Å²) in [6.07, 6.45) is 3.13. The number of likely N-dealkylation sites (tertiary alicyclic amines) is 1. The fourth-order valence-electron chi connectivity index (χ4n) is 2.61. The summed E-state index contributed by atoms with van der Waals surface area (Å²) in [5.74, 6) is -0.455. The summed E-state index contributed by atoms with van der Waals surface area (Å²) in [5.41, 5.74) is 1.52. The van der Waals surface area contributed by atoms with Crippen molar-refractivity contribution in [2.45, 2.75) is 19.3 Å². The lowest BCUT2D eigenvalue weighted by Crippen LogP contribution is -2.23. The van der Waals surface area contributed by atoms with Crippen LogP contribution in [0.3, 0.4) is 0 Å². The maximum atomic E-state index is 13.2. The van der Waals surface area contributed by atoms with Crippen molar-refractivity contribution < 1.29 is 9.02 Å². The third kappa shape index (κ3) is 3.86. The summed E-state index contributed by atoms with van der Waals surface area (Å²) in [4.78, 5) is 2.36. The molecule has 1 saturated heterocycles. The van der Waals surface area contributed by atoms with Gasteiger partial charge < -0.3 is 10.2 Å². The van der Waals surface area contributed by atoms with Gasteiger partial charge in [-0.15, -0.1) is 0 Å². The molecular formula is C15H17ClFN5O. The molecule has 6 nitrogen and oxygen atoms in total. The van der Waals surface area contributed by atoms with Gasteiger partial charge in [-0.05, 0) is 49.3 Å². The van der Waals surface area contributed by atoms with Gasteiger partial charge in [0.25, 0.3) is 0 Å². The van der Waals surface area contributed by atoms with Gasteiger partial charge in [0.05, 0.1) is 5.02 Å². The predicted molar refractivity (Wildman–Crippen MR) is 85.5 cm³/mol. The van der Waals surface area contributed by atoms with E-state index in [4.69, 9.17) is 21.6 Å². The van der Waals surface area contributed by atoms with Crippen molar-refractivity contribution in [3.8, 4) is 0 Å². The van der Waals surface area contributed by atoms with E-state index < -0.39 is 5.82 Å². The van der Waals surface area contributed by atoms with Gasteiger partial charge in [0.2, 0.25) is 0 Å². The first-order valence-corrected chi connectivity index (χ1v) is 7.86. The average Bonchev–Trinajstić information content (AvgIpc) is 3.19. The van der Waals surface area contributed by atoms with E-state index in [9.17, 15) is 4.39 Å². The summed E-state index contributed by atoms with van der Waals surface area (Å²) >= 11 is 5.74. The van der Waals surface area contributed by atoms with Crippen LogP contribution >= 0.6 is 11.6 Å². The number of hydrogen-bond donors (Lipinski definition) is 2. The maximum absolute atomic E-state index is 13.2. The van der Waals surface area contributed by atoms with E-state index in [0.717, 1.165) is 19.6 Å². The van der Waals surface area contributed by atoms with Crippen LogP contribution in [0.2, 0.25) is 5.02 Å². The number of amidine groups is 1. The number of aromatic nitrogens is 2. The van der Waals surface area contributed by atoms with E-state index in [-0.39, 0.29) is 10.9 Å². The minimum atomic E-state index is -0.502. The zero-order chi connectivity index (χ0) is 16.2. The molecule has 0 aliphatic carbocycles. The Hall–Kier alpha value is -1.99. The maximum Gasteiger partial charge on any atom is 0.172 e. The number of halogens is 2. The van der Waals surface area contributed by atoms with Gasteiger partial charge in [-0.2, -0.15) is 0 Å². The highest BCUT2D eigenvalue weighted by atomic mass is 35.5. The van der Waals surface area contributed by atoms with E-state index in [1.165, 1.54) is 31.0 Å². The molecule has 1 aromatic heterocycles. The predicted octanol–water partition coefficient (Wildman–Crippen LogP) is 2.94. The molecule has 1 fully saturated rings. The van der Waals surface area contributed by atoms with E-state index in [1.54, 1.807) is 0 Å². The van der Waals surface area contributed by atoms with Gasteiger partial charge in [-0.1, -0.05) is 16.8 Å². The van der Waals surface area contributed by atoms with Crippen LogP contribution in [0.4, 0.5) is 10.1 Å². The molecule has 2 heterocycles. The SMILES string of the molecule is N=C(Nc1ccc(F)c(Cl)c1)c1nonc1CCN1CCCC1. The molecule has 8 heteroatoms. The van der Waals surface area contributed by atoms with Crippen molar-refractivity contribution >= 4 is 23.1 Å². The summed E-state index contributed by atoms with van der Waals surface area (Å²) in [6.45, 7) is 3.08. The Labute approximate surface area is 138 Å². The van der Waals surface area contributed by atoms with E-state index in [1.807, 2.05) is 0 Å². The van der Waals surface area contributed by atoms with Crippen molar-refractivity contribution in [2.24, 2.45) is 0 Å². The first-order chi connectivity index (χ1) is 11.1. The van der Waals surface area contributed by atoms with Gasteiger partial charge in [0.15, 0.2) is 11.5 Å². The van der Waals surface area contributed by atoms with E-state index in [0.29, 0.717) is 23.5 Å². The smallest absolute Gasteiger partial charge is 0.172 e. The Morgan fingerprint density at radius 3 is 2.87 bits per heavy atom. The third-order valence-electron chi connectivity index (χ3n) is 3.85. The van der Waals surface area contributed by atoms with E-state index in [2.05, 4.69) is 20.5 Å². The van der Waals surface area contributed by atoms with E-state index >= 15 is 0 Å². The highest BCUT2D eigenvalue weighted by Gasteiger charge is 2.18. The van der Waals surface area contributed by atoms with Gasteiger partial charge in [0, 0.05) is 18.7 Å². The van der Waals surface area contributed by atoms with Gasteiger partial charge >= 0.3 is 0 Å². The summed E-state index contributed by atoms with van der Waals surface area (Å²) < 4.78 is 17.9. The molecule has 0 radical (unpaired) electrons. The quantitative estimate of drug-likeness (QED) is 0.648. The zero-order valence-electron chi connectivity index (χ0n) is 12.5. The summed E-state index contributed by atoms with van der Waals surface area (Å²) in [5, 5.41) is 18.6. The summed E-state index contributed by atoms with van der Waals surface area (Å²) in [6, 6.07) is 4.17. The lowest BCUT2D eigenvalue weighted by atomic mass is 10.2. The van der Waals surface area contributed by atoms with Crippen LogP contribution in [0.5, 0.6) is 0 Å². The average molecular weight is 338 g/mol. The summed E-state index contributed by atoms with van der Waals surface area (Å²) in [7, 11) is 0. The minimum absolute atomic E-state index is 0.00432. The van der Waals surface area contributed by atoms with Crippen molar-refractivity contribution in [1.29, 1.82) is 5.41 Å². The lowest BCUT2D eigenvalue weighted by Gasteiger charge is -2.13. The van der Waals surface area contributed by atoms with Crippen LogP contribution < -0.4 is 5.32 Å². The third-order valence-corrected chi connectivity index (χ3v) is 4.14. The molecule has 0 atom stereocenters. The fraction of sp³-hybridized carbons (Fsp3) is 0.400. The van der Waals surface area contributed by atoms with Gasteiger partial charge in [-0.3, -0.25) is 5.41 Å². The fourth-order valence-corrected chi connectivity index (χ4v) is 2.79. The molecule has 0 amide bonds. The monoisotopic (exact) mass is 337 g/mol. The number of rotatable bonds is 5. The number of benzene rings is 1. The van der Waals surface area contributed by atoms with Crippen molar-refractivity contribution in [3.63, 3.8) is 0 Å². The molecule has 2 N–H and O–H groups in total. The molecule has 0 unspecified atom stereocenters. The first-order valence-electron chi connectivity index (χ1n) is 7.48. The molecule has 1 aliphatic heterocycles. The molecule has 23 heavy (non-hydrogen) atoms. The Morgan fingerprint density at radius 2 is 2.13 bits per heavy atom. The molecule has 0 bridgehead atoms. The topological polar surface area (TPSA) is 78.0 Å². The standard InChI is InChI=1S/C15H17ClFN5O/c16-11-9-10(3-4-12(11)17)19-15(18)14-13(20-23-21-14)5-8-22-6-1-2-7-22/h3-4,9H,1-2,5-8H2,(H2,18,19). The molecule has 2 aromatic rings. The number of nitrogens with one attached hydrogen (secondary N) is 2. The van der Waals surface area contributed by atoms with Crippen LogP contribution in [-0.4, -0.2) is 40.7 Å². The normalized spacial score (nSPS) is 15.0. The van der Waals surface area contributed by atoms with Gasteiger partial charge in [-0.25, -0.2) is 9.02 Å². The first kappa shape index (κ1) is 15.9. The molecular weight excluding hydrogens is 321 g/mol. The molecule has 0 spiro atoms. The highest BCUT2D eigenvalue weighted by molar-refractivity contribution is 6.31. The number of anilines is 1. The number of hydrogen-bond acceptors (Lipinski definition) is 5. The Kier molecular flexibility index (Phi) is 4.88. The lowest BCUT2D eigenvalue weighted by molar-refractivity contribution is 0.297.